The number of nitrogens with one attached hydrogen (secondary N) is 1. The zero-order valence-electron chi connectivity index (χ0n) is 13.6. The summed E-state index contributed by atoms with van der Waals surface area (Å²) in [5.74, 6) is 1.39. The molecule has 2 fully saturated rings. The van der Waals surface area contributed by atoms with Gasteiger partial charge in [-0.25, -0.2) is 9.97 Å². The van der Waals surface area contributed by atoms with Gasteiger partial charge in [-0.15, -0.1) is 0 Å². The summed E-state index contributed by atoms with van der Waals surface area (Å²) < 4.78 is 5.44. The molecule has 0 spiro atoms. The van der Waals surface area contributed by atoms with Crippen LogP contribution in [0.15, 0.2) is 12.4 Å². The molecule has 5 nitrogen and oxygen atoms in total. The fourth-order valence-corrected chi connectivity index (χ4v) is 3.53. The first-order valence-electron chi connectivity index (χ1n) is 8.67. The lowest BCUT2D eigenvalue weighted by molar-refractivity contribution is 0.193. The van der Waals surface area contributed by atoms with Crippen LogP contribution in [0.3, 0.4) is 0 Å². The van der Waals surface area contributed by atoms with Gasteiger partial charge in [-0.3, -0.25) is 0 Å². The van der Waals surface area contributed by atoms with E-state index in [1.165, 1.54) is 25.7 Å². The van der Waals surface area contributed by atoms with E-state index >= 15 is 0 Å². The van der Waals surface area contributed by atoms with Crippen LogP contribution in [-0.4, -0.2) is 54.3 Å². The van der Waals surface area contributed by atoms with Crippen molar-refractivity contribution in [1.29, 1.82) is 0 Å². The van der Waals surface area contributed by atoms with E-state index in [0.717, 1.165) is 56.7 Å². The van der Waals surface area contributed by atoms with Crippen molar-refractivity contribution < 1.29 is 4.74 Å². The van der Waals surface area contributed by atoms with Crippen molar-refractivity contribution in [2.24, 2.45) is 0 Å². The van der Waals surface area contributed by atoms with Gasteiger partial charge in [0.2, 0.25) is 0 Å². The van der Waals surface area contributed by atoms with E-state index in [1.54, 1.807) is 6.33 Å². The maximum Gasteiger partial charge on any atom is 0.129 e. The number of rotatable bonds is 7. The van der Waals surface area contributed by atoms with Gasteiger partial charge in [-0.1, -0.05) is 12.8 Å². The van der Waals surface area contributed by atoms with Crippen LogP contribution in [0.25, 0.3) is 0 Å². The van der Waals surface area contributed by atoms with E-state index in [0.29, 0.717) is 5.92 Å². The van der Waals surface area contributed by atoms with E-state index < -0.39 is 0 Å². The van der Waals surface area contributed by atoms with Gasteiger partial charge in [0.05, 0.1) is 12.3 Å². The summed E-state index contributed by atoms with van der Waals surface area (Å²) >= 11 is 0. The molecular formula is C17H28N4O. The van der Waals surface area contributed by atoms with Crippen molar-refractivity contribution in [3.63, 3.8) is 0 Å². The zero-order valence-corrected chi connectivity index (χ0v) is 13.6. The van der Waals surface area contributed by atoms with E-state index in [9.17, 15) is 0 Å². The Morgan fingerprint density at radius 3 is 2.91 bits per heavy atom. The molecule has 1 N–H and O–H groups in total. The standard InChI is InChI=1S/C17H28N4O/c1-21(15-5-2-3-6-15)9-4-8-18-17-11-16(19-13-20-17)14-7-10-22-12-14/h11,13-15H,2-10,12H2,1H3,(H,18,19,20). The van der Waals surface area contributed by atoms with Crippen LogP contribution in [0.4, 0.5) is 5.82 Å². The summed E-state index contributed by atoms with van der Waals surface area (Å²) in [6.07, 6.45) is 9.46. The molecule has 0 amide bonds. The van der Waals surface area contributed by atoms with Gasteiger partial charge in [-0.2, -0.15) is 0 Å². The summed E-state index contributed by atoms with van der Waals surface area (Å²) in [5.41, 5.74) is 1.11. The molecule has 1 atom stereocenters. The molecule has 1 aliphatic heterocycles. The van der Waals surface area contributed by atoms with Crippen molar-refractivity contribution in [3.8, 4) is 0 Å². The predicted octanol–water partition coefficient (Wildman–Crippen LogP) is 2.66. The Labute approximate surface area is 133 Å². The quantitative estimate of drug-likeness (QED) is 0.785. The Balaban J connectivity index is 1.40. The topological polar surface area (TPSA) is 50.3 Å². The smallest absolute Gasteiger partial charge is 0.129 e. The summed E-state index contributed by atoms with van der Waals surface area (Å²) in [7, 11) is 2.26. The Hall–Kier alpha value is -1.20. The highest BCUT2D eigenvalue weighted by molar-refractivity contribution is 5.35. The Morgan fingerprint density at radius 2 is 2.14 bits per heavy atom. The molecule has 1 unspecified atom stereocenters. The maximum atomic E-state index is 5.44. The number of hydrogen-bond acceptors (Lipinski definition) is 5. The second-order valence-electron chi connectivity index (χ2n) is 6.59. The van der Waals surface area contributed by atoms with Crippen molar-refractivity contribution >= 4 is 5.82 Å². The Bertz CT molecular complexity index is 456. The summed E-state index contributed by atoms with van der Waals surface area (Å²) in [6, 6.07) is 2.90. The lowest BCUT2D eigenvalue weighted by Gasteiger charge is -2.23. The normalized spacial score (nSPS) is 22.5. The van der Waals surface area contributed by atoms with Crippen LogP contribution in [0.2, 0.25) is 0 Å². The monoisotopic (exact) mass is 304 g/mol. The summed E-state index contributed by atoms with van der Waals surface area (Å²) in [4.78, 5) is 11.2. The molecule has 1 saturated heterocycles. The second kappa shape index (κ2) is 7.88. The molecule has 5 heteroatoms. The molecule has 2 aliphatic rings. The zero-order chi connectivity index (χ0) is 15.2. The van der Waals surface area contributed by atoms with Gasteiger partial charge in [0.1, 0.15) is 12.1 Å². The second-order valence-corrected chi connectivity index (χ2v) is 6.59. The highest BCUT2D eigenvalue weighted by Gasteiger charge is 2.20. The molecule has 1 saturated carbocycles. The average Bonchev–Trinajstić information content (AvgIpc) is 3.24. The van der Waals surface area contributed by atoms with Crippen LogP contribution >= 0.6 is 0 Å². The third-order valence-electron chi connectivity index (χ3n) is 4.98. The molecule has 22 heavy (non-hydrogen) atoms. The van der Waals surface area contributed by atoms with Crippen molar-refractivity contribution in [1.82, 2.24) is 14.9 Å². The molecule has 2 heterocycles. The number of aromatic nitrogens is 2. The van der Waals surface area contributed by atoms with Crippen LogP contribution in [-0.2, 0) is 4.74 Å². The minimum atomic E-state index is 0.442. The van der Waals surface area contributed by atoms with Crippen molar-refractivity contribution in [2.45, 2.75) is 50.5 Å². The summed E-state index contributed by atoms with van der Waals surface area (Å²) in [5, 5.41) is 3.44. The van der Waals surface area contributed by atoms with E-state index in [4.69, 9.17) is 4.74 Å². The van der Waals surface area contributed by atoms with Gasteiger partial charge in [0.15, 0.2) is 0 Å². The van der Waals surface area contributed by atoms with E-state index in [-0.39, 0.29) is 0 Å². The lowest BCUT2D eigenvalue weighted by atomic mass is 10.1. The number of nitrogens with zero attached hydrogens (tertiary/aromatic N) is 3. The third kappa shape index (κ3) is 4.17. The number of hydrogen-bond donors (Lipinski definition) is 1. The number of ether oxygens (including phenoxy) is 1. The first-order chi connectivity index (χ1) is 10.8. The SMILES string of the molecule is CN(CCCNc1cc(C2CCOC2)ncn1)C1CCCC1. The van der Waals surface area contributed by atoms with E-state index in [1.807, 2.05) is 0 Å². The van der Waals surface area contributed by atoms with Gasteiger partial charge >= 0.3 is 0 Å². The van der Waals surface area contributed by atoms with Gasteiger partial charge in [0.25, 0.3) is 0 Å². The molecule has 1 aromatic heterocycles. The maximum absolute atomic E-state index is 5.44. The summed E-state index contributed by atoms with van der Waals surface area (Å²) in [6.45, 7) is 3.77. The van der Waals surface area contributed by atoms with Crippen molar-refractivity contribution in [2.75, 3.05) is 38.7 Å². The van der Waals surface area contributed by atoms with Gasteiger partial charge < -0.3 is 15.0 Å². The molecular weight excluding hydrogens is 276 g/mol. The average molecular weight is 304 g/mol. The van der Waals surface area contributed by atoms with Crippen LogP contribution in [0.5, 0.6) is 0 Å². The Kier molecular flexibility index (Phi) is 5.62. The van der Waals surface area contributed by atoms with Crippen molar-refractivity contribution in [3.05, 3.63) is 18.1 Å². The van der Waals surface area contributed by atoms with Gasteiger partial charge in [-0.05, 0) is 39.3 Å². The Morgan fingerprint density at radius 1 is 1.27 bits per heavy atom. The van der Waals surface area contributed by atoms with Crippen LogP contribution in [0.1, 0.15) is 50.1 Å². The minimum absolute atomic E-state index is 0.442. The molecule has 3 rings (SSSR count). The van der Waals surface area contributed by atoms with Gasteiger partial charge in [0, 0.05) is 31.2 Å². The molecule has 0 radical (unpaired) electrons. The lowest BCUT2D eigenvalue weighted by Crippen LogP contribution is -2.31. The first-order valence-corrected chi connectivity index (χ1v) is 8.67. The predicted molar refractivity (Wildman–Crippen MR) is 88.2 cm³/mol. The highest BCUT2D eigenvalue weighted by Crippen LogP contribution is 2.24. The van der Waals surface area contributed by atoms with Crippen LogP contribution < -0.4 is 5.32 Å². The highest BCUT2D eigenvalue weighted by atomic mass is 16.5. The number of anilines is 1. The fraction of sp³-hybridized carbons (Fsp3) is 0.765. The molecule has 0 bridgehead atoms. The molecule has 122 valence electrons. The molecule has 1 aliphatic carbocycles. The molecule has 1 aromatic rings. The largest absolute Gasteiger partial charge is 0.381 e. The fourth-order valence-electron chi connectivity index (χ4n) is 3.53. The third-order valence-corrected chi connectivity index (χ3v) is 4.98. The molecule has 0 aromatic carbocycles. The first kappa shape index (κ1) is 15.7. The van der Waals surface area contributed by atoms with E-state index in [2.05, 4.69) is 33.3 Å². The van der Waals surface area contributed by atoms with Crippen LogP contribution in [0, 0.1) is 0 Å². The minimum Gasteiger partial charge on any atom is -0.381 e.